The Labute approximate surface area is 72.6 Å². The highest BCUT2D eigenvalue weighted by Crippen LogP contribution is 2.04. The minimum absolute atomic E-state index is 0.250. The van der Waals surface area contributed by atoms with Gasteiger partial charge in [-0.2, -0.15) is 0 Å². The first-order valence-electron chi connectivity index (χ1n) is 3.87. The maximum absolute atomic E-state index is 8.36. The van der Waals surface area contributed by atoms with Gasteiger partial charge in [0.15, 0.2) is 0 Å². The Morgan fingerprint density at radius 2 is 2.08 bits per heavy atom. The lowest BCUT2D eigenvalue weighted by Crippen LogP contribution is -1.92. The van der Waals surface area contributed by atoms with E-state index >= 15 is 0 Å². The first-order chi connectivity index (χ1) is 5.65. The number of hydrogen-bond donors (Lipinski definition) is 1. The van der Waals surface area contributed by atoms with E-state index < -0.39 is 0 Å². The summed E-state index contributed by atoms with van der Waals surface area (Å²) < 4.78 is 2.25. The van der Waals surface area contributed by atoms with Gasteiger partial charge in [-0.3, -0.25) is 4.79 Å². The first-order valence-corrected chi connectivity index (χ1v) is 3.87. The van der Waals surface area contributed by atoms with Crippen molar-refractivity contribution in [3.63, 3.8) is 0 Å². The first kappa shape index (κ1) is 10.8. The topological polar surface area (TPSA) is 42.2 Å². The fourth-order valence-corrected chi connectivity index (χ4v) is 1.14. The van der Waals surface area contributed by atoms with E-state index in [1.165, 1.54) is 11.3 Å². The predicted molar refractivity (Wildman–Crippen MR) is 48.3 cm³/mol. The second kappa shape index (κ2) is 5.41. The number of carboxylic acid groups (broad SMARTS) is 1. The molecule has 0 amide bonds. The van der Waals surface area contributed by atoms with Crippen LogP contribution in [0.15, 0.2) is 12.3 Å². The molecule has 0 aliphatic rings. The summed E-state index contributed by atoms with van der Waals surface area (Å²) in [7, 11) is 0. The third-order valence-corrected chi connectivity index (χ3v) is 1.59. The van der Waals surface area contributed by atoms with Crippen molar-refractivity contribution in [1.29, 1.82) is 0 Å². The van der Waals surface area contributed by atoms with Gasteiger partial charge in [0.2, 0.25) is 0 Å². The molecular weight excluding hydrogens is 154 g/mol. The lowest BCUT2D eigenvalue weighted by molar-refractivity contribution is -0.122. The molecule has 3 nitrogen and oxygen atoms in total. The molecule has 1 rings (SSSR count). The summed E-state index contributed by atoms with van der Waals surface area (Å²) >= 11 is 0. The standard InChI is InChI=1S/C8H13N.CH2O2/c1-4-9-6-7(2)5-8(9)3;2-1-3/h5-6H,4H2,1-3H3;1H,(H,2,3). The molecule has 0 unspecified atom stereocenters. The fourth-order valence-electron chi connectivity index (χ4n) is 1.14. The van der Waals surface area contributed by atoms with E-state index in [-0.39, 0.29) is 6.47 Å². The van der Waals surface area contributed by atoms with E-state index in [0.29, 0.717) is 0 Å². The molecule has 0 aromatic carbocycles. The van der Waals surface area contributed by atoms with Crippen LogP contribution in [0, 0.1) is 13.8 Å². The molecule has 1 N–H and O–H groups in total. The summed E-state index contributed by atoms with van der Waals surface area (Å²) in [5, 5.41) is 6.89. The van der Waals surface area contributed by atoms with E-state index in [9.17, 15) is 0 Å². The van der Waals surface area contributed by atoms with Crippen LogP contribution in [-0.2, 0) is 11.3 Å². The molecule has 1 heterocycles. The molecule has 68 valence electrons. The number of nitrogens with zero attached hydrogens (tertiary/aromatic N) is 1. The number of carbonyl (C=O) groups is 1. The number of aryl methyl sites for hydroxylation is 3. The largest absolute Gasteiger partial charge is 0.483 e. The normalized spacial score (nSPS) is 8.58. The molecule has 0 radical (unpaired) electrons. The van der Waals surface area contributed by atoms with Gasteiger partial charge in [0.1, 0.15) is 0 Å². The van der Waals surface area contributed by atoms with Gasteiger partial charge < -0.3 is 9.67 Å². The second-order valence-corrected chi connectivity index (χ2v) is 2.55. The average Bonchev–Trinajstić information content (AvgIpc) is 2.31. The molecular formula is C9H15NO2. The van der Waals surface area contributed by atoms with Gasteiger partial charge in [0.25, 0.3) is 6.47 Å². The molecule has 0 spiro atoms. The maximum Gasteiger partial charge on any atom is 0.290 e. The van der Waals surface area contributed by atoms with E-state index in [1.54, 1.807) is 0 Å². The minimum Gasteiger partial charge on any atom is -0.483 e. The van der Waals surface area contributed by atoms with Crippen LogP contribution >= 0.6 is 0 Å². The lowest BCUT2D eigenvalue weighted by atomic mass is 10.4. The Bertz CT molecular complexity index is 241. The molecule has 0 saturated carbocycles. The minimum atomic E-state index is -0.250. The molecule has 1 aromatic heterocycles. The highest BCUT2D eigenvalue weighted by Gasteiger charge is 1.93. The zero-order valence-electron chi connectivity index (χ0n) is 7.74. The van der Waals surface area contributed by atoms with Gasteiger partial charge >= 0.3 is 0 Å². The Morgan fingerprint density at radius 1 is 1.58 bits per heavy atom. The molecule has 0 aliphatic heterocycles. The quantitative estimate of drug-likeness (QED) is 0.651. The summed E-state index contributed by atoms with van der Waals surface area (Å²) in [6.45, 7) is 7.25. The van der Waals surface area contributed by atoms with Gasteiger partial charge in [-0.25, -0.2) is 0 Å². The smallest absolute Gasteiger partial charge is 0.290 e. The molecule has 3 heteroatoms. The van der Waals surface area contributed by atoms with Crippen LogP contribution in [0.4, 0.5) is 0 Å². The highest BCUT2D eigenvalue weighted by molar-refractivity contribution is 5.32. The van der Waals surface area contributed by atoms with Crippen LogP contribution in [0.5, 0.6) is 0 Å². The van der Waals surface area contributed by atoms with Crippen molar-refractivity contribution < 1.29 is 9.90 Å². The van der Waals surface area contributed by atoms with Gasteiger partial charge in [-0.05, 0) is 32.4 Å². The van der Waals surface area contributed by atoms with Crippen molar-refractivity contribution >= 4 is 6.47 Å². The van der Waals surface area contributed by atoms with Crippen LogP contribution in [0.3, 0.4) is 0 Å². The maximum atomic E-state index is 8.36. The zero-order valence-corrected chi connectivity index (χ0v) is 7.74. The molecule has 0 saturated heterocycles. The summed E-state index contributed by atoms with van der Waals surface area (Å²) in [4.78, 5) is 8.36. The van der Waals surface area contributed by atoms with Crippen molar-refractivity contribution in [3.05, 3.63) is 23.5 Å². The SMILES string of the molecule is CCn1cc(C)cc1C.O=CO. The van der Waals surface area contributed by atoms with E-state index in [1.807, 2.05) is 0 Å². The number of rotatable bonds is 1. The third-order valence-electron chi connectivity index (χ3n) is 1.59. The monoisotopic (exact) mass is 169 g/mol. The van der Waals surface area contributed by atoms with Crippen molar-refractivity contribution in [3.8, 4) is 0 Å². The molecule has 0 bridgehead atoms. The lowest BCUT2D eigenvalue weighted by Gasteiger charge is -1.97. The Morgan fingerprint density at radius 3 is 2.25 bits per heavy atom. The molecule has 0 atom stereocenters. The summed E-state index contributed by atoms with van der Waals surface area (Å²) in [5.41, 5.74) is 2.71. The molecule has 1 aromatic rings. The van der Waals surface area contributed by atoms with Crippen molar-refractivity contribution in [2.45, 2.75) is 27.3 Å². The summed E-state index contributed by atoms with van der Waals surface area (Å²) in [5.74, 6) is 0. The Hall–Kier alpha value is -1.25. The van der Waals surface area contributed by atoms with Crippen LogP contribution in [0.1, 0.15) is 18.2 Å². The van der Waals surface area contributed by atoms with Crippen LogP contribution < -0.4 is 0 Å². The number of hydrogen-bond acceptors (Lipinski definition) is 1. The van der Waals surface area contributed by atoms with Crippen LogP contribution in [-0.4, -0.2) is 16.1 Å². The van der Waals surface area contributed by atoms with Gasteiger partial charge in [-0.1, -0.05) is 0 Å². The van der Waals surface area contributed by atoms with E-state index in [2.05, 4.69) is 37.6 Å². The van der Waals surface area contributed by atoms with E-state index in [4.69, 9.17) is 9.90 Å². The van der Waals surface area contributed by atoms with Gasteiger partial charge in [0.05, 0.1) is 0 Å². The fraction of sp³-hybridized carbons (Fsp3) is 0.444. The Kier molecular flexibility index (Phi) is 4.84. The van der Waals surface area contributed by atoms with Crippen molar-refractivity contribution in [1.82, 2.24) is 4.57 Å². The van der Waals surface area contributed by atoms with Gasteiger partial charge in [-0.15, -0.1) is 0 Å². The average molecular weight is 169 g/mol. The highest BCUT2D eigenvalue weighted by atomic mass is 16.3. The van der Waals surface area contributed by atoms with Gasteiger partial charge in [0, 0.05) is 18.4 Å². The van der Waals surface area contributed by atoms with Crippen LogP contribution in [0.25, 0.3) is 0 Å². The Balaban J connectivity index is 0.000000354. The number of aromatic nitrogens is 1. The van der Waals surface area contributed by atoms with Crippen molar-refractivity contribution in [2.24, 2.45) is 0 Å². The molecule has 12 heavy (non-hydrogen) atoms. The summed E-state index contributed by atoms with van der Waals surface area (Å²) in [6, 6.07) is 2.20. The van der Waals surface area contributed by atoms with Crippen molar-refractivity contribution in [2.75, 3.05) is 0 Å². The third kappa shape index (κ3) is 3.23. The van der Waals surface area contributed by atoms with E-state index in [0.717, 1.165) is 6.54 Å². The predicted octanol–water partition coefficient (Wildman–Crippen LogP) is 1.83. The van der Waals surface area contributed by atoms with Crippen LogP contribution in [0.2, 0.25) is 0 Å². The zero-order chi connectivity index (χ0) is 9.56. The molecule has 0 fully saturated rings. The second-order valence-electron chi connectivity index (χ2n) is 2.55. The molecule has 0 aliphatic carbocycles. The summed E-state index contributed by atoms with van der Waals surface area (Å²) in [6.07, 6.45) is 2.18.